The van der Waals surface area contributed by atoms with Gasteiger partial charge in [0.25, 0.3) is 0 Å². The number of hydrogen-bond donors (Lipinski definition) is 2. The quantitative estimate of drug-likeness (QED) is 0.600. The SMILES string of the molecule is O=[S+]1(O)C[C@@H]2NC(=S)N(c3cccc(Br)c3)[C@H]2C1. The summed E-state index contributed by atoms with van der Waals surface area (Å²) in [5, 5.41) is 3.78. The van der Waals surface area contributed by atoms with Gasteiger partial charge in [-0.3, -0.25) is 0 Å². The molecule has 0 aromatic heterocycles. The Morgan fingerprint density at radius 3 is 3.00 bits per heavy atom. The molecule has 3 atom stereocenters. The maximum atomic E-state index is 11.8. The second kappa shape index (κ2) is 4.26. The van der Waals surface area contributed by atoms with Crippen LogP contribution in [-0.2, 0) is 14.4 Å². The Bertz CT molecular complexity index is 566. The molecule has 2 heterocycles. The van der Waals surface area contributed by atoms with Crippen molar-refractivity contribution in [2.45, 2.75) is 12.1 Å². The summed E-state index contributed by atoms with van der Waals surface area (Å²) in [6, 6.07) is 7.75. The Morgan fingerprint density at radius 1 is 1.50 bits per heavy atom. The Hall–Kier alpha value is -0.500. The number of hydrogen-bond acceptors (Lipinski definition) is 2. The van der Waals surface area contributed by atoms with Crippen molar-refractivity contribution in [3.8, 4) is 0 Å². The highest BCUT2D eigenvalue weighted by Crippen LogP contribution is 2.32. The molecule has 0 saturated carbocycles. The highest BCUT2D eigenvalue weighted by molar-refractivity contribution is 9.10. The molecule has 7 heteroatoms. The largest absolute Gasteiger partial charge is 0.352 e. The van der Waals surface area contributed by atoms with E-state index in [-0.39, 0.29) is 23.6 Å². The van der Waals surface area contributed by atoms with Gasteiger partial charge in [-0.05, 0) is 30.4 Å². The van der Waals surface area contributed by atoms with Gasteiger partial charge < -0.3 is 10.2 Å². The second-order valence-electron chi connectivity index (χ2n) is 4.58. The molecule has 1 aromatic carbocycles. The third-order valence-corrected chi connectivity index (χ3v) is 5.83. The molecule has 2 N–H and O–H groups in total. The van der Waals surface area contributed by atoms with Gasteiger partial charge in [-0.1, -0.05) is 26.2 Å². The number of thiocarbonyl (C=S) groups is 1. The van der Waals surface area contributed by atoms with E-state index in [1.807, 2.05) is 29.2 Å². The van der Waals surface area contributed by atoms with E-state index in [1.165, 1.54) is 0 Å². The fourth-order valence-electron chi connectivity index (χ4n) is 2.55. The highest BCUT2D eigenvalue weighted by atomic mass is 79.9. The molecule has 18 heavy (non-hydrogen) atoms. The van der Waals surface area contributed by atoms with Crippen molar-refractivity contribution in [3.05, 3.63) is 28.7 Å². The van der Waals surface area contributed by atoms with E-state index in [1.54, 1.807) is 0 Å². The van der Waals surface area contributed by atoms with Crippen LogP contribution in [0.5, 0.6) is 0 Å². The van der Waals surface area contributed by atoms with Gasteiger partial charge in [-0.2, -0.15) is 4.55 Å². The molecule has 0 radical (unpaired) electrons. The van der Waals surface area contributed by atoms with Crippen molar-refractivity contribution >= 4 is 49.2 Å². The van der Waals surface area contributed by atoms with Crippen molar-refractivity contribution < 1.29 is 8.76 Å². The first-order chi connectivity index (χ1) is 8.46. The van der Waals surface area contributed by atoms with Gasteiger partial charge in [0.2, 0.25) is 10.2 Å². The summed E-state index contributed by atoms with van der Waals surface area (Å²) in [6.45, 7) is 0. The van der Waals surface area contributed by atoms with Crippen LogP contribution in [0.4, 0.5) is 5.69 Å². The van der Waals surface area contributed by atoms with Crippen LogP contribution >= 0.6 is 28.1 Å². The normalized spacial score (nSPS) is 34.6. The molecule has 0 aliphatic carbocycles. The lowest BCUT2D eigenvalue weighted by molar-refractivity contribution is 0.502. The molecule has 0 amide bonds. The maximum Gasteiger partial charge on any atom is 0.218 e. The first kappa shape index (κ1) is 12.5. The summed E-state index contributed by atoms with van der Waals surface area (Å²) in [5.74, 6) is 0.555. The number of rotatable bonds is 1. The first-order valence-electron chi connectivity index (χ1n) is 5.53. The molecule has 2 fully saturated rings. The van der Waals surface area contributed by atoms with Crippen LogP contribution in [-0.4, -0.2) is 33.3 Å². The topological polar surface area (TPSA) is 52.6 Å². The van der Waals surface area contributed by atoms with Crippen LogP contribution in [0.15, 0.2) is 28.7 Å². The van der Waals surface area contributed by atoms with E-state index in [2.05, 4.69) is 21.2 Å². The molecule has 96 valence electrons. The van der Waals surface area contributed by atoms with Crippen molar-refractivity contribution in [2.75, 3.05) is 16.4 Å². The summed E-state index contributed by atoms with van der Waals surface area (Å²) in [5.41, 5.74) is 0.950. The van der Waals surface area contributed by atoms with Crippen LogP contribution in [0.1, 0.15) is 0 Å². The lowest BCUT2D eigenvalue weighted by Crippen LogP contribution is -2.37. The molecule has 2 aliphatic heterocycles. The average Bonchev–Trinajstić information content (AvgIpc) is 2.68. The maximum absolute atomic E-state index is 11.8. The Balaban J connectivity index is 1.97. The lowest BCUT2D eigenvalue weighted by Gasteiger charge is -2.22. The molecule has 0 bridgehead atoms. The van der Waals surface area contributed by atoms with Gasteiger partial charge in [0, 0.05) is 10.2 Å². The summed E-state index contributed by atoms with van der Waals surface area (Å²) in [4.78, 5) is 1.95. The average molecular weight is 348 g/mol. The number of benzene rings is 1. The summed E-state index contributed by atoms with van der Waals surface area (Å²) in [7, 11) is -2.71. The van der Waals surface area contributed by atoms with Crippen molar-refractivity contribution in [2.24, 2.45) is 0 Å². The molecule has 0 spiro atoms. The van der Waals surface area contributed by atoms with Crippen molar-refractivity contribution in [1.29, 1.82) is 0 Å². The molecule has 1 aromatic rings. The lowest BCUT2D eigenvalue weighted by atomic mass is 10.1. The molecule has 2 saturated heterocycles. The van der Waals surface area contributed by atoms with Crippen molar-refractivity contribution in [1.82, 2.24) is 5.32 Å². The third kappa shape index (κ3) is 2.09. The minimum absolute atomic E-state index is 0.0195. The van der Waals surface area contributed by atoms with Gasteiger partial charge in [-0.25, -0.2) is 0 Å². The van der Waals surface area contributed by atoms with E-state index in [9.17, 15) is 8.76 Å². The predicted octanol–water partition coefficient (Wildman–Crippen LogP) is 1.87. The van der Waals surface area contributed by atoms with Crippen LogP contribution in [0.3, 0.4) is 0 Å². The smallest absolute Gasteiger partial charge is 0.218 e. The molecule has 3 rings (SSSR count). The number of nitrogens with one attached hydrogen (secondary N) is 1. The molecule has 4 nitrogen and oxygen atoms in total. The van der Waals surface area contributed by atoms with Crippen LogP contribution in [0.2, 0.25) is 0 Å². The standard InChI is InChI=1S/C11H11BrN2O2S2/c12-7-2-1-3-8(4-7)14-10-6-18(15,16)5-9(10)13-11(14)17/h1-4,9-10H,5-6H2,(H-,13,15,16,17)/p+1/t9-,10-/m0/s1. The van der Waals surface area contributed by atoms with Gasteiger partial charge in [-0.15, -0.1) is 0 Å². The summed E-state index contributed by atoms with van der Waals surface area (Å²) in [6.07, 6.45) is 0. The van der Waals surface area contributed by atoms with Gasteiger partial charge in [0.1, 0.15) is 12.1 Å². The van der Waals surface area contributed by atoms with Crippen LogP contribution in [0.25, 0.3) is 0 Å². The predicted molar refractivity (Wildman–Crippen MR) is 80.3 cm³/mol. The minimum atomic E-state index is -2.71. The fraction of sp³-hybridized carbons (Fsp3) is 0.364. The zero-order valence-electron chi connectivity index (χ0n) is 9.38. The fourth-order valence-corrected chi connectivity index (χ4v) is 5.25. The number of fused-ring (bicyclic) bond motifs is 1. The van der Waals surface area contributed by atoms with Crippen molar-refractivity contribution in [3.63, 3.8) is 0 Å². The van der Waals surface area contributed by atoms with Gasteiger partial charge in [0.05, 0.1) is 0 Å². The Morgan fingerprint density at radius 2 is 2.28 bits per heavy atom. The molecule has 2 aliphatic rings. The zero-order chi connectivity index (χ0) is 12.9. The number of anilines is 1. The van der Waals surface area contributed by atoms with Crippen LogP contribution in [0, 0.1) is 0 Å². The van der Waals surface area contributed by atoms with E-state index in [0.29, 0.717) is 5.11 Å². The van der Waals surface area contributed by atoms with E-state index in [4.69, 9.17) is 12.2 Å². The van der Waals surface area contributed by atoms with E-state index < -0.39 is 10.2 Å². The van der Waals surface area contributed by atoms with E-state index in [0.717, 1.165) is 10.2 Å². The van der Waals surface area contributed by atoms with Gasteiger partial charge in [0.15, 0.2) is 16.6 Å². The third-order valence-electron chi connectivity index (χ3n) is 3.28. The van der Waals surface area contributed by atoms with E-state index >= 15 is 0 Å². The minimum Gasteiger partial charge on any atom is -0.352 e. The number of halogens is 1. The second-order valence-corrected chi connectivity index (χ2v) is 8.09. The molecule has 1 unspecified atom stereocenters. The van der Waals surface area contributed by atoms with Gasteiger partial charge >= 0.3 is 0 Å². The molecular formula is C11H12BrN2O2S2+. The zero-order valence-corrected chi connectivity index (χ0v) is 12.6. The monoisotopic (exact) mass is 347 g/mol. The Kier molecular flexibility index (Phi) is 2.97. The highest BCUT2D eigenvalue weighted by Gasteiger charge is 2.54. The molecular weight excluding hydrogens is 336 g/mol. The summed E-state index contributed by atoms with van der Waals surface area (Å²) >= 11 is 8.75. The summed E-state index contributed by atoms with van der Waals surface area (Å²) < 4.78 is 22.5. The number of nitrogens with zero attached hydrogens (tertiary/aromatic N) is 1. The Labute approximate surface area is 120 Å². The first-order valence-corrected chi connectivity index (χ1v) is 8.59. The van der Waals surface area contributed by atoms with Crippen LogP contribution < -0.4 is 10.2 Å².